The maximum Gasteiger partial charge on any atom is 0.323 e. The molecule has 19 heavy (non-hydrogen) atoms. The Balaban J connectivity index is 0.00000162. The number of thioether (sulfide) groups is 1. The number of para-hydroxylation sites is 1. The standard InChI is InChI=1S/C11H12N2O3S.2BrH/c12-9-5-10(14)13(6-11(15)16)7-3-1-2-4-8(7)17-9;;/h1-4,9H,5-6,12H2,(H,15,16);2*1H. The number of hydrogen-bond donors (Lipinski definition) is 2. The SMILES string of the molecule is Br.Br.NC1CC(=O)N(CC(=O)O)c2ccccc2S1. The van der Waals surface area contributed by atoms with E-state index in [0.717, 1.165) is 4.90 Å². The first-order valence-corrected chi connectivity index (χ1v) is 5.99. The zero-order chi connectivity index (χ0) is 12.4. The largest absolute Gasteiger partial charge is 0.480 e. The van der Waals surface area contributed by atoms with Gasteiger partial charge in [0, 0.05) is 4.90 Å². The summed E-state index contributed by atoms with van der Waals surface area (Å²) in [6.07, 6.45) is 0.145. The third-order valence-corrected chi connectivity index (χ3v) is 3.47. The van der Waals surface area contributed by atoms with Crippen LogP contribution in [0.15, 0.2) is 29.2 Å². The van der Waals surface area contributed by atoms with Gasteiger partial charge < -0.3 is 10.8 Å². The van der Waals surface area contributed by atoms with Gasteiger partial charge in [0.05, 0.1) is 17.5 Å². The summed E-state index contributed by atoms with van der Waals surface area (Å²) in [5, 5.41) is 8.50. The summed E-state index contributed by atoms with van der Waals surface area (Å²) in [5.41, 5.74) is 6.42. The fourth-order valence-corrected chi connectivity index (χ4v) is 2.72. The maximum absolute atomic E-state index is 11.9. The molecule has 3 N–H and O–H groups in total. The Kier molecular flexibility index (Phi) is 7.65. The number of anilines is 1. The van der Waals surface area contributed by atoms with E-state index in [4.69, 9.17) is 10.8 Å². The zero-order valence-corrected chi connectivity index (χ0v) is 14.1. The van der Waals surface area contributed by atoms with Crippen molar-refractivity contribution in [2.45, 2.75) is 16.7 Å². The summed E-state index contributed by atoms with van der Waals surface area (Å²) in [4.78, 5) is 24.8. The summed E-state index contributed by atoms with van der Waals surface area (Å²) in [6.45, 7) is -0.330. The van der Waals surface area contributed by atoms with Crippen molar-refractivity contribution in [2.24, 2.45) is 5.73 Å². The molecule has 0 aliphatic carbocycles. The molecule has 0 saturated carbocycles. The van der Waals surface area contributed by atoms with Crippen LogP contribution in [-0.4, -0.2) is 28.9 Å². The number of amides is 1. The molecule has 0 spiro atoms. The molecule has 0 saturated heterocycles. The first-order chi connectivity index (χ1) is 8.08. The van der Waals surface area contributed by atoms with Gasteiger partial charge in [0.15, 0.2) is 0 Å². The summed E-state index contributed by atoms with van der Waals surface area (Å²) < 4.78 is 0. The second kappa shape index (κ2) is 7.88. The van der Waals surface area contributed by atoms with Gasteiger partial charge in [-0.15, -0.1) is 45.7 Å². The molecule has 2 rings (SSSR count). The zero-order valence-electron chi connectivity index (χ0n) is 9.81. The third kappa shape index (κ3) is 4.48. The first kappa shape index (κ1) is 18.4. The minimum absolute atomic E-state index is 0. The van der Waals surface area contributed by atoms with E-state index in [2.05, 4.69) is 0 Å². The fraction of sp³-hybridized carbons (Fsp3) is 0.273. The number of carboxylic acid groups (broad SMARTS) is 1. The highest BCUT2D eigenvalue weighted by atomic mass is 79.9. The minimum Gasteiger partial charge on any atom is -0.480 e. The Morgan fingerprint density at radius 2 is 2.05 bits per heavy atom. The predicted octanol–water partition coefficient (Wildman–Crippen LogP) is 2.04. The first-order valence-electron chi connectivity index (χ1n) is 5.11. The van der Waals surface area contributed by atoms with Gasteiger partial charge in [-0.25, -0.2) is 0 Å². The number of aliphatic carboxylic acids is 1. The topological polar surface area (TPSA) is 83.6 Å². The molecule has 1 unspecified atom stereocenters. The maximum atomic E-state index is 11.9. The average Bonchev–Trinajstić information content (AvgIpc) is 2.36. The van der Waals surface area contributed by atoms with Crippen LogP contribution in [0.3, 0.4) is 0 Å². The predicted molar refractivity (Wildman–Crippen MR) is 85.5 cm³/mol. The van der Waals surface area contributed by atoms with Gasteiger partial charge in [0.25, 0.3) is 0 Å². The van der Waals surface area contributed by atoms with Crippen molar-refractivity contribution in [2.75, 3.05) is 11.4 Å². The number of rotatable bonds is 2. The number of halogens is 2. The van der Waals surface area contributed by atoms with Gasteiger partial charge in [0.2, 0.25) is 5.91 Å². The number of fused-ring (bicyclic) bond motifs is 1. The molecule has 1 aromatic rings. The molecule has 8 heteroatoms. The van der Waals surface area contributed by atoms with E-state index in [9.17, 15) is 9.59 Å². The molecule has 1 aliphatic rings. The lowest BCUT2D eigenvalue weighted by Crippen LogP contribution is -2.37. The summed E-state index contributed by atoms with van der Waals surface area (Å²) in [7, 11) is 0. The lowest BCUT2D eigenvalue weighted by molar-refractivity contribution is -0.136. The molecule has 0 bridgehead atoms. The highest BCUT2D eigenvalue weighted by Crippen LogP contribution is 2.35. The van der Waals surface area contributed by atoms with E-state index < -0.39 is 5.97 Å². The molecule has 0 aromatic heterocycles. The Labute approximate surface area is 136 Å². The van der Waals surface area contributed by atoms with Crippen LogP contribution in [0.1, 0.15) is 6.42 Å². The summed E-state index contributed by atoms with van der Waals surface area (Å²) >= 11 is 1.39. The summed E-state index contributed by atoms with van der Waals surface area (Å²) in [5.74, 6) is -1.29. The number of carboxylic acids is 1. The van der Waals surface area contributed by atoms with E-state index in [1.807, 2.05) is 12.1 Å². The van der Waals surface area contributed by atoms with Crippen LogP contribution in [0.4, 0.5) is 5.69 Å². The molecule has 1 aliphatic heterocycles. The van der Waals surface area contributed by atoms with Gasteiger partial charge in [-0.1, -0.05) is 12.1 Å². The minimum atomic E-state index is -1.03. The van der Waals surface area contributed by atoms with Crippen LogP contribution in [0.2, 0.25) is 0 Å². The number of benzene rings is 1. The monoisotopic (exact) mass is 412 g/mol. The Hall–Kier alpha value is -0.570. The van der Waals surface area contributed by atoms with Crippen molar-refractivity contribution in [1.82, 2.24) is 0 Å². The Bertz CT molecular complexity index is 473. The number of nitrogens with zero attached hydrogens (tertiary/aromatic N) is 1. The fourth-order valence-electron chi connectivity index (χ4n) is 1.71. The van der Waals surface area contributed by atoms with Gasteiger partial charge in [-0.3, -0.25) is 14.5 Å². The van der Waals surface area contributed by atoms with Crippen molar-refractivity contribution in [3.05, 3.63) is 24.3 Å². The molecule has 1 heterocycles. The lowest BCUT2D eigenvalue weighted by atomic mass is 10.2. The van der Waals surface area contributed by atoms with Crippen molar-refractivity contribution in [1.29, 1.82) is 0 Å². The quantitative estimate of drug-likeness (QED) is 0.774. The Morgan fingerprint density at radius 3 is 2.68 bits per heavy atom. The van der Waals surface area contributed by atoms with Crippen molar-refractivity contribution in [3.8, 4) is 0 Å². The van der Waals surface area contributed by atoms with Crippen LogP contribution in [-0.2, 0) is 9.59 Å². The van der Waals surface area contributed by atoms with Gasteiger partial charge in [-0.2, -0.15) is 0 Å². The number of carbonyl (C=O) groups is 2. The number of carbonyl (C=O) groups excluding carboxylic acids is 1. The van der Waals surface area contributed by atoms with E-state index >= 15 is 0 Å². The average molecular weight is 414 g/mol. The normalized spacial score (nSPS) is 17.6. The summed E-state index contributed by atoms with van der Waals surface area (Å²) in [6, 6.07) is 7.19. The van der Waals surface area contributed by atoms with Crippen LogP contribution in [0.25, 0.3) is 0 Å². The molecule has 0 radical (unpaired) electrons. The molecule has 1 aromatic carbocycles. The molecule has 1 amide bonds. The second-order valence-electron chi connectivity index (χ2n) is 3.70. The number of nitrogens with two attached hydrogens (primary N) is 1. The van der Waals surface area contributed by atoms with E-state index in [1.165, 1.54) is 16.7 Å². The highest BCUT2D eigenvalue weighted by molar-refractivity contribution is 8.93. The highest BCUT2D eigenvalue weighted by Gasteiger charge is 2.27. The van der Waals surface area contributed by atoms with E-state index in [0.29, 0.717) is 5.69 Å². The molecule has 1 atom stereocenters. The third-order valence-electron chi connectivity index (χ3n) is 2.40. The smallest absolute Gasteiger partial charge is 0.323 e. The van der Waals surface area contributed by atoms with Gasteiger partial charge >= 0.3 is 5.97 Å². The molecule has 0 fully saturated rings. The van der Waals surface area contributed by atoms with Crippen molar-refractivity contribution in [3.63, 3.8) is 0 Å². The second-order valence-corrected chi connectivity index (χ2v) is 4.98. The molecular formula is C11H14Br2N2O3S. The van der Waals surface area contributed by atoms with E-state index in [-0.39, 0.29) is 58.2 Å². The van der Waals surface area contributed by atoms with E-state index in [1.54, 1.807) is 12.1 Å². The van der Waals surface area contributed by atoms with Crippen molar-refractivity contribution < 1.29 is 14.7 Å². The van der Waals surface area contributed by atoms with Crippen LogP contribution in [0, 0.1) is 0 Å². The molecule has 106 valence electrons. The van der Waals surface area contributed by atoms with Crippen LogP contribution in [0.5, 0.6) is 0 Å². The Morgan fingerprint density at radius 1 is 1.42 bits per heavy atom. The number of hydrogen-bond acceptors (Lipinski definition) is 4. The van der Waals surface area contributed by atoms with Crippen molar-refractivity contribution >= 4 is 63.3 Å². The molecular weight excluding hydrogens is 400 g/mol. The lowest BCUT2D eigenvalue weighted by Gasteiger charge is -2.20. The van der Waals surface area contributed by atoms with Gasteiger partial charge in [-0.05, 0) is 12.1 Å². The van der Waals surface area contributed by atoms with Gasteiger partial charge in [0.1, 0.15) is 6.54 Å². The van der Waals surface area contributed by atoms with Crippen LogP contribution < -0.4 is 10.6 Å². The van der Waals surface area contributed by atoms with Crippen LogP contribution >= 0.6 is 45.7 Å². The molecule has 5 nitrogen and oxygen atoms in total.